The van der Waals surface area contributed by atoms with Crippen LogP contribution in [0.15, 0.2) is 0 Å². The summed E-state index contributed by atoms with van der Waals surface area (Å²) in [6.07, 6.45) is 0. The van der Waals surface area contributed by atoms with Crippen LogP contribution in [0, 0.1) is 0 Å². The third-order valence-electron chi connectivity index (χ3n) is 1.31. The summed E-state index contributed by atoms with van der Waals surface area (Å²) in [5.41, 5.74) is 0. The van der Waals surface area contributed by atoms with Crippen molar-refractivity contribution in [2.45, 2.75) is 19.9 Å². The Morgan fingerprint density at radius 1 is 1.54 bits per heavy atom. The molecule has 0 saturated carbocycles. The summed E-state index contributed by atoms with van der Waals surface area (Å²) >= 11 is 5.46. The van der Waals surface area contributed by atoms with Gasteiger partial charge in [0.05, 0.1) is 12.4 Å². The molecular weight excluding hydrogens is 214 g/mol. The summed E-state index contributed by atoms with van der Waals surface area (Å²) in [5.74, 6) is 0.260. The van der Waals surface area contributed by atoms with Gasteiger partial charge in [-0.05, 0) is 13.8 Å². The van der Waals surface area contributed by atoms with E-state index in [0.29, 0.717) is 6.61 Å². The van der Waals surface area contributed by atoms with E-state index >= 15 is 0 Å². The van der Waals surface area contributed by atoms with Crippen LogP contribution in [0.3, 0.4) is 0 Å². The molecule has 4 nitrogen and oxygen atoms in total. The Labute approximate surface area is 84.7 Å². The predicted octanol–water partition coefficient (Wildman–Crippen LogP) is 0.570. The maximum absolute atomic E-state index is 11.2. The van der Waals surface area contributed by atoms with Crippen LogP contribution in [-0.4, -0.2) is 39.3 Å². The Morgan fingerprint density at radius 3 is 2.62 bits per heavy atom. The molecular formula is C7H16ClNO3S. The first-order valence-electron chi connectivity index (χ1n) is 4.15. The molecule has 0 fully saturated rings. The van der Waals surface area contributed by atoms with Gasteiger partial charge in [-0.2, -0.15) is 0 Å². The van der Waals surface area contributed by atoms with Gasteiger partial charge < -0.3 is 4.74 Å². The van der Waals surface area contributed by atoms with Crippen LogP contribution in [0.4, 0.5) is 0 Å². The van der Waals surface area contributed by atoms with E-state index in [1.54, 1.807) is 6.92 Å². The van der Waals surface area contributed by atoms with Crippen molar-refractivity contribution in [3.63, 3.8) is 0 Å². The van der Waals surface area contributed by atoms with Gasteiger partial charge in [0.1, 0.15) is 0 Å². The maximum atomic E-state index is 11.2. The van der Waals surface area contributed by atoms with Crippen LogP contribution in [0.25, 0.3) is 0 Å². The van der Waals surface area contributed by atoms with Gasteiger partial charge in [-0.15, -0.1) is 11.6 Å². The molecule has 0 aliphatic heterocycles. The topological polar surface area (TPSA) is 55.4 Å². The minimum absolute atomic E-state index is 0.0118. The number of hydrogen-bond donors (Lipinski definition) is 1. The molecule has 0 aromatic heterocycles. The zero-order chi connectivity index (χ0) is 10.3. The summed E-state index contributed by atoms with van der Waals surface area (Å²) in [4.78, 5) is 0. The van der Waals surface area contributed by atoms with Gasteiger partial charge in [0.2, 0.25) is 10.0 Å². The summed E-state index contributed by atoms with van der Waals surface area (Å²) in [7, 11) is -3.22. The SMILES string of the molecule is CCOCCS(=O)(=O)NC(C)CCl. The molecule has 0 amide bonds. The zero-order valence-electron chi connectivity index (χ0n) is 7.92. The molecule has 0 aliphatic carbocycles. The smallest absolute Gasteiger partial charge is 0.214 e. The van der Waals surface area contributed by atoms with Gasteiger partial charge in [0, 0.05) is 18.5 Å². The van der Waals surface area contributed by atoms with Crippen LogP contribution < -0.4 is 4.72 Å². The fourth-order valence-corrected chi connectivity index (χ4v) is 2.03. The lowest BCUT2D eigenvalue weighted by Gasteiger charge is -2.10. The van der Waals surface area contributed by atoms with E-state index in [-0.39, 0.29) is 24.3 Å². The molecule has 0 heterocycles. The fraction of sp³-hybridized carbons (Fsp3) is 1.00. The molecule has 6 heteroatoms. The summed E-state index contributed by atoms with van der Waals surface area (Å²) in [6, 6.07) is -0.228. The first-order valence-corrected chi connectivity index (χ1v) is 6.34. The Kier molecular flexibility index (Phi) is 6.67. The third-order valence-corrected chi connectivity index (χ3v) is 3.24. The van der Waals surface area contributed by atoms with Gasteiger partial charge >= 0.3 is 0 Å². The number of sulfonamides is 1. The van der Waals surface area contributed by atoms with Crippen molar-refractivity contribution in [2.75, 3.05) is 24.8 Å². The summed E-state index contributed by atoms with van der Waals surface area (Å²) in [6.45, 7) is 4.29. The van der Waals surface area contributed by atoms with Crippen molar-refractivity contribution < 1.29 is 13.2 Å². The number of nitrogens with one attached hydrogen (secondary N) is 1. The average molecular weight is 230 g/mol. The Morgan fingerprint density at radius 2 is 2.15 bits per heavy atom. The molecule has 1 atom stereocenters. The van der Waals surface area contributed by atoms with E-state index < -0.39 is 10.0 Å². The number of ether oxygens (including phenoxy) is 1. The second kappa shape index (κ2) is 6.59. The maximum Gasteiger partial charge on any atom is 0.214 e. The second-order valence-electron chi connectivity index (χ2n) is 2.69. The largest absolute Gasteiger partial charge is 0.381 e. The zero-order valence-corrected chi connectivity index (χ0v) is 9.49. The van der Waals surface area contributed by atoms with Crippen LogP contribution in [-0.2, 0) is 14.8 Å². The molecule has 0 saturated heterocycles. The minimum atomic E-state index is -3.22. The molecule has 0 radical (unpaired) electrons. The molecule has 0 rings (SSSR count). The molecule has 0 aromatic rings. The number of alkyl halides is 1. The summed E-state index contributed by atoms with van der Waals surface area (Å²) in [5, 5.41) is 0. The molecule has 13 heavy (non-hydrogen) atoms. The van der Waals surface area contributed by atoms with Crippen molar-refractivity contribution in [3.05, 3.63) is 0 Å². The first-order chi connectivity index (χ1) is 6.02. The normalized spacial score (nSPS) is 14.4. The number of rotatable bonds is 7. The first kappa shape index (κ1) is 13.2. The predicted molar refractivity (Wildman–Crippen MR) is 53.6 cm³/mol. The standard InChI is InChI=1S/C7H16ClNO3S/c1-3-12-4-5-13(10,11)9-7(2)6-8/h7,9H,3-6H2,1-2H3. The molecule has 0 spiro atoms. The van der Waals surface area contributed by atoms with E-state index in [0.717, 1.165) is 0 Å². The lowest BCUT2D eigenvalue weighted by atomic mass is 10.4. The lowest BCUT2D eigenvalue weighted by Crippen LogP contribution is -2.36. The van der Waals surface area contributed by atoms with Gasteiger partial charge in [-0.3, -0.25) is 0 Å². The van der Waals surface area contributed by atoms with Crippen LogP contribution in [0.1, 0.15) is 13.8 Å². The highest BCUT2D eigenvalue weighted by Gasteiger charge is 2.12. The quantitative estimate of drug-likeness (QED) is 0.513. The van der Waals surface area contributed by atoms with Crippen molar-refractivity contribution >= 4 is 21.6 Å². The van der Waals surface area contributed by atoms with E-state index in [4.69, 9.17) is 16.3 Å². The highest BCUT2D eigenvalue weighted by molar-refractivity contribution is 7.89. The Balaban J connectivity index is 3.81. The van der Waals surface area contributed by atoms with Gasteiger partial charge in [0.15, 0.2) is 0 Å². The van der Waals surface area contributed by atoms with Crippen molar-refractivity contribution in [1.82, 2.24) is 4.72 Å². The average Bonchev–Trinajstić information content (AvgIpc) is 2.03. The molecule has 0 aliphatic rings. The van der Waals surface area contributed by atoms with Crippen molar-refractivity contribution in [2.24, 2.45) is 0 Å². The van der Waals surface area contributed by atoms with Gasteiger partial charge in [0.25, 0.3) is 0 Å². The van der Waals surface area contributed by atoms with E-state index in [9.17, 15) is 8.42 Å². The van der Waals surface area contributed by atoms with Crippen molar-refractivity contribution in [1.29, 1.82) is 0 Å². The second-order valence-corrected chi connectivity index (χ2v) is 4.87. The molecule has 1 unspecified atom stereocenters. The van der Waals surface area contributed by atoms with E-state index in [2.05, 4.69) is 4.72 Å². The minimum Gasteiger partial charge on any atom is -0.381 e. The summed E-state index contributed by atoms with van der Waals surface area (Å²) < 4.78 is 29.8. The van der Waals surface area contributed by atoms with Crippen LogP contribution in [0.5, 0.6) is 0 Å². The Hall–Kier alpha value is 0.160. The monoisotopic (exact) mass is 229 g/mol. The molecule has 0 aromatic carbocycles. The van der Waals surface area contributed by atoms with Gasteiger partial charge in [-0.1, -0.05) is 0 Å². The molecule has 80 valence electrons. The highest BCUT2D eigenvalue weighted by Crippen LogP contribution is 1.92. The lowest BCUT2D eigenvalue weighted by molar-refractivity contribution is 0.163. The number of halogens is 1. The van der Waals surface area contributed by atoms with Crippen molar-refractivity contribution in [3.8, 4) is 0 Å². The third kappa shape index (κ3) is 7.25. The molecule has 0 bridgehead atoms. The van der Waals surface area contributed by atoms with Crippen LogP contribution >= 0.6 is 11.6 Å². The van der Waals surface area contributed by atoms with E-state index in [1.807, 2.05) is 6.92 Å². The van der Waals surface area contributed by atoms with E-state index in [1.165, 1.54) is 0 Å². The van der Waals surface area contributed by atoms with Crippen LogP contribution in [0.2, 0.25) is 0 Å². The van der Waals surface area contributed by atoms with Gasteiger partial charge in [-0.25, -0.2) is 13.1 Å². The fourth-order valence-electron chi connectivity index (χ4n) is 0.710. The number of hydrogen-bond acceptors (Lipinski definition) is 3. The highest BCUT2D eigenvalue weighted by atomic mass is 35.5. The molecule has 1 N–H and O–H groups in total. The Bertz CT molecular complexity index is 218.